The maximum Gasteiger partial charge on any atom is 0.177 e. The zero-order chi connectivity index (χ0) is 15.6. The third-order valence-corrected chi connectivity index (χ3v) is 4.08. The van der Waals surface area contributed by atoms with Crippen LogP contribution in [-0.4, -0.2) is 28.7 Å². The van der Waals surface area contributed by atoms with E-state index in [2.05, 4.69) is 29.7 Å². The highest BCUT2D eigenvalue weighted by Gasteiger charge is 2.14. The average molecular weight is 306 g/mol. The number of fused-ring (bicyclic) bond motifs is 1. The molecule has 3 aromatic heterocycles. The molecule has 4 rings (SSSR count). The Morgan fingerprint density at radius 2 is 1.91 bits per heavy atom. The van der Waals surface area contributed by atoms with Crippen molar-refractivity contribution in [3.63, 3.8) is 0 Å². The Bertz CT molecular complexity index is 916. The lowest BCUT2D eigenvalue weighted by molar-refractivity contribution is 0.564. The van der Waals surface area contributed by atoms with Crippen LogP contribution in [0.5, 0.6) is 0 Å². The molecule has 0 N–H and O–H groups in total. The molecule has 116 valence electrons. The number of hydrogen-bond acceptors (Lipinski definition) is 3. The number of nitrogens with zero attached hydrogens (tertiary/aromatic N) is 6. The number of rotatable bonds is 5. The van der Waals surface area contributed by atoms with Crippen LogP contribution in [0.25, 0.3) is 22.7 Å². The minimum Gasteiger partial charge on any atom is -0.337 e. The lowest BCUT2D eigenvalue weighted by Crippen LogP contribution is -2.06. The van der Waals surface area contributed by atoms with E-state index in [-0.39, 0.29) is 0 Å². The first-order valence-electron chi connectivity index (χ1n) is 7.71. The standard InChI is InChI=1S/C17H18N6/c1-21-15-6-3-2-5-14(15)20-17(21)16-19-8-12-23(16)10-4-9-22-11-7-18-13-22/h2-3,5-8,11-13H,4,9-10H2,1H3. The Balaban J connectivity index is 1.59. The molecule has 0 saturated heterocycles. The summed E-state index contributed by atoms with van der Waals surface area (Å²) in [4.78, 5) is 13.3. The molecule has 4 aromatic rings. The van der Waals surface area contributed by atoms with E-state index in [1.54, 1.807) is 0 Å². The smallest absolute Gasteiger partial charge is 0.177 e. The number of benzene rings is 1. The van der Waals surface area contributed by atoms with E-state index in [1.165, 1.54) is 0 Å². The largest absolute Gasteiger partial charge is 0.337 e. The molecule has 1 aromatic carbocycles. The molecule has 0 atom stereocenters. The predicted octanol–water partition coefficient (Wildman–Crippen LogP) is 2.72. The van der Waals surface area contributed by atoms with Crippen LogP contribution in [0.2, 0.25) is 0 Å². The van der Waals surface area contributed by atoms with Gasteiger partial charge in [0.05, 0.1) is 17.4 Å². The van der Waals surface area contributed by atoms with E-state index in [0.29, 0.717) is 0 Å². The molecule has 6 heteroatoms. The van der Waals surface area contributed by atoms with E-state index in [0.717, 1.165) is 42.2 Å². The molecule has 3 heterocycles. The summed E-state index contributed by atoms with van der Waals surface area (Å²) in [7, 11) is 2.04. The van der Waals surface area contributed by atoms with Crippen molar-refractivity contribution in [3.8, 4) is 11.6 Å². The third-order valence-electron chi connectivity index (χ3n) is 4.08. The van der Waals surface area contributed by atoms with Gasteiger partial charge in [-0.2, -0.15) is 0 Å². The summed E-state index contributed by atoms with van der Waals surface area (Å²) in [6, 6.07) is 8.16. The van der Waals surface area contributed by atoms with Crippen molar-refractivity contribution in [2.75, 3.05) is 0 Å². The van der Waals surface area contributed by atoms with E-state index in [4.69, 9.17) is 4.98 Å². The molecule has 0 spiro atoms. The van der Waals surface area contributed by atoms with Gasteiger partial charge in [-0.1, -0.05) is 12.1 Å². The van der Waals surface area contributed by atoms with Gasteiger partial charge in [-0.05, 0) is 18.6 Å². The molecule has 0 aliphatic rings. The van der Waals surface area contributed by atoms with Gasteiger partial charge in [0.2, 0.25) is 0 Å². The minimum absolute atomic E-state index is 0.900. The van der Waals surface area contributed by atoms with E-state index >= 15 is 0 Å². The fourth-order valence-electron chi connectivity index (χ4n) is 2.88. The van der Waals surface area contributed by atoms with Crippen molar-refractivity contribution in [2.24, 2.45) is 7.05 Å². The van der Waals surface area contributed by atoms with Crippen LogP contribution in [0.1, 0.15) is 6.42 Å². The molecule has 0 aliphatic carbocycles. The Labute approximate surface area is 134 Å². The third kappa shape index (κ3) is 2.52. The van der Waals surface area contributed by atoms with Crippen molar-refractivity contribution in [1.29, 1.82) is 0 Å². The SMILES string of the molecule is Cn1c(-c2nccn2CCCn2ccnc2)nc2ccccc21. The molecule has 0 saturated carbocycles. The Hall–Kier alpha value is -2.89. The summed E-state index contributed by atoms with van der Waals surface area (Å²) in [5.74, 6) is 1.81. The second kappa shape index (κ2) is 5.72. The first-order chi connectivity index (χ1) is 11.3. The summed E-state index contributed by atoms with van der Waals surface area (Å²) < 4.78 is 6.35. The summed E-state index contributed by atoms with van der Waals surface area (Å²) in [6.45, 7) is 1.84. The first-order valence-corrected chi connectivity index (χ1v) is 7.71. The monoisotopic (exact) mass is 306 g/mol. The van der Waals surface area contributed by atoms with Gasteiger partial charge in [0.15, 0.2) is 11.6 Å². The second-order valence-corrected chi connectivity index (χ2v) is 5.58. The van der Waals surface area contributed by atoms with Crippen molar-refractivity contribution in [3.05, 3.63) is 55.4 Å². The Morgan fingerprint density at radius 3 is 2.74 bits per heavy atom. The number of aromatic nitrogens is 6. The van der Waals surface area contributed by atoms with Crippen molar-refractivity contribution in [1.82, 2.24) is 28.7 Å². The van der Waals surface area contributed by atoms with Gasteiger partial charge in [-0.25, -0.2) is 15.0 Å². The molecule has 0 fully saturated rings. The van der Waals surface area contributed by atoms with E-state index in [1.807, 2.05) is 56.4 Å². The lowest BCUT2D eigenvalue weighted by Gasteiger charge is -2.08. The van der Waals surface area contributed by atoms with Crippen LogP contribution in [0.3, 0.4) is 0 Å². The van der Waals surface area contributed by atoms with Gasteiger partial charge >= 0.3 is 0 Å². The number of aryl methyl sites for hydroxylation is 3. The summed E-state index contributed by atoms with van der Waals surface area (Å²) in [5.41, 5.74) is 2.12. The normalized spacial score (nSPS) is 11.3. The van der Waals surface area contributed by atoms with Gasteiger partial charge in [-0.3, -0.25) is 0 Å². The summed E-state index contributed by atoms with van der Waals surface area (Å²) >= 11 is 0. The highest BCUT2D eigenvalue weighted by molar-refractivity contribution is 5.79. The highest BCUT2D eigenvalue weighted by Crippen LogP contribution is 2.22. The number of imidazole rings is 3. The van der Waals surface area contributed by atoms with Gasteiger partial charge in [0, 0.05) is 44.9 Å². The van der Waals surface area contributed by atoms with Gasteiger partial charge in [-0.15, -0.1) is 0 Å². The molecular weight excluding hydrogens is 288 g/mol. The van der Waals surface area contributed by atoms with Gasteiger partial charge < -0.3 is 13.7 Å². The van der Waals surface area contributed by atoms with Crippen molar-refractivity contribution >= 4 is 11.0 Å². The van der Waals surface area contributed by atoms with Crippen LogP contribution in [-0.2, 0) is 20.1 Å². The molecule has 23 heavy (non-hydrogen) atoms. The molecule has 0 unspecified atom stereocenters. The maximum atomic E-state index is 4.74. The maximum absolute atomic E-state index is 4.74. The molecule has 6 nitrogen and oxygen atoms in total. The quantitative estimate of drug-likeness (QED) is 0.569. The van der Waals surface area contributed by atoms with Crippen LogP contribution in [0, 0.1) is 0 Å². The molecule has 0 bridgehead atoms. The molecule has 0 amide bonds. The predicted molar refractivity (Wildman–Crippen MR) is 88.8 cm³/mol. The fraction of sp³-hybridized carbons (Fsp3) is 0.235. The molecule has 0 radical (unpaired) electrons. The summed E-state index contributed by atoms with van der Waals surface area (Å²) in [5, 5.41) is 0. The first kappa shape index (κ1) is 13.8. The topological polar surface area (TPSA) is 53.5 Å². The number of hydrogen-bond donors (Lipinski definition) is 0. The second-order valence-electron chi connectivity index (χ2n) is 5.58. The van der Waals surface area contributed by atoms with Crippen molar-refractivity contribution < 1.29 is 0 Å². The zero-order valence-corrected chi connectivity index (χ0v) is 13.0. The van der Waals surface area contributed by atoms with Gasteiger partial charge in [0.1, 0.15) is 0 Å². The highest BCUT2D eigenvalue weighted by atomic mass is 15.2. The van der Waals surface area contributed by atoms with Crippen LogP contribution in [0.4, 0.5) is 0 Å². The fourth-order valence-corrected chi connectivity index (χ4v) is 2.88. The van der Waals surface area contributed by atoms with E-state index in [9.17, 15) is 0 Å². The molecular formula is C17H18N6. The van der Waals surface area contributed by atoms with Crippen LogP contribution < -0.4 is 0 Å². The Morgan fingerprint density at radius 1 is 1.00 bits per heavy atom. The molecule has 0 aliphatic heterocycles. The van der Waals surface area contributed by atoms with Crippen molar-refractivity contribution in [2.45, 2.75) is 19.5 Å². The van der Waals surface area contributed by atoms with E-state index < -0.39 is 0 Å². The van der Waals surface area contributed by atoms with Crippen LogP contribution >= 0.6 is 0 Å². The zero-order valence-electron chi connectivity index (χ0n) is 13.0. The van der Waals surface area contributed by atoms with Gasteiger partial charge in [0.25, 0.3) is 0 Å². The Kier molecular flexibility index (Phi) is 3.42. The summed E-state index contributed by atoms with van der Waals surface area (Å²) in [6.07, 6.45) is 10.5. The van der Waals surface area contributed by atoms with Crippen LogP contribution in [0.15, 0.2) is 55.4 Å². The average Bonchev–Trinajstić information content (AvgIpc) is 3.29. The lowest BCUT2D eigenvalue weighted by atomic mass is 10.3. The minimum atomic E-state index is 0.900. The number of para-hydroxylation sites is 2.